The van der Waals surface area contributed by atoms with E-state index in [-0.39, 0.29) is 12.5 Å². The van der Waals surface area contributed by atoms with Gasteiger partial charge in [0.25, 0.3) is 5.91 Å². The number of nitrogens with zero attached hydrogens (tertiary/aromatic N) is 1. The van der Waals surface area contributed by atoms with E-state index >= 15 is 0 Å². The number of benzene rings is 3. The first-order valence-corrected chi connectivity index (χ1v) is 10.8. The van der Waals surface area contributed by atoms with Crippen molar-refractivity contribution in [1.29, 1.82) is 0 Å². The molecular formula is C25H25BrN2O3. The van der Waals surface area contributed by atoms with E-state index in [9.17, 15) is 4.79 Å². The molecule has 3 aromatic rings. The van der Waals surface area contributed by atoms with E-state index in [1.165, 1.54) is 0 Å². The molecule has 0 aliphatic heterocycles. The third kappa shape index (κ3) is 7.26. The summed E-state index contributed by atoms with van der Waals surface area (Å²) in [6.07, 6.45) is 1.56. The quantitative estimate of drug-likeness (QED) is 0.316. The maximum absolute atomic E-state index is 12.1. The van der Waals surface area contributed by atoms with Crippen LogP contribution < -0.4 is 14.9 Å². The van der Waals surface area contributed by atoms with E-state index < -0.39 is 0 Å². The number of carbonyl (C=O) groups excluding carboxylic acids is 1. The summed E-state index contributed by atoms with van der Waals surface area (Å²) in [5.41, 5.74) is 5.47. The molecule has 6 heteroatoms. The van der Waals surface area contributed by atoms with Crippen LogP contribution in [0.3, 0.4) is 0 Å². The van der Waals surface area contributed by atoms with E-state index in [0.717, 1.165) is 21.2 Å². The number of ether oxygens (including phenoxy) is 2. The summed E-state index contributed by atoms with van der Waals surface area (Å²) in [6.45, 7) is 4.55. The van der Waals surface area contributed by atoms with Crippen molar-refractivity contribution in [3.63, 3.8) is 0 Å². The van der Waals surface area contributed by atoms with Gasteiger partial charge in [-0.1, -0.05) is 72.2 Å². The highest BCUT2D eigenvalue weighted by Gasteiger charge is 2.06. The SMILES string of the molecule is CC(C)c1cccc(OCC(=O)N/N=C/c2cc(Br)ccc2OCc2ccccc2)c1. The van der Waals surface area contributed by atoms with Crippen molar-refractivity contribution >= 4 is 28.1 Å². The summed E-state index contributed by atoms with van der Waals surface area (Å²) in [5.74, 6) is 1.39. The second kappa shape index (κ2) is 11.3. The van der Waals surface area contributed by atoms with Crippen LogP contribution in [0.5, 0.6) is 11.5 Å². The lowest BCUT2D eigenvalue weighted by atomic mass is 10.0. The number of hydrogen-bond donors (Lipinski definition) is 1. The summed E-state index contributed by atoms with van der Waals surface area (Å²) in [6, 6.07) is 23.3. The molecule has 0 saturated heterocycles. The van der Waals surface area contributed by atoms with Gasteiger partial charge < -0.3 is 9.47 Å². The fraction of sp³-hybridized carbons (Fsp3) is 0.200. The van der Waals surface area contributed by atoms with Crippen molar-refractivity contribution in [3.05, 3.63) is 94.0 Å². The van der Waals surface area contributed by atoms with E-state index in [0.29, 0.717) is 24.0 Å². The molecule has 0 saturated carbocycles. The molecule has 0 fully saturated rings. The molecule has 5 nitrogen and oxygen atoms in total. The summed E-state index contributed by atoms with van der Waals surface area (Å²) in [7, 11) is 0. The molecule has 160 valence electrons. The molecule has 0 bridgehead atoms. The first kappa shape index (κ1) is 22.6. The van der Waals surface area contributed by atoms with Crippen LogP contribution in [0.2, 0.25) is 0 Å². The van der Waals surface area contributed by atoms with Gasteiger partial charge in [0.2, 0.25) is 0 Å². The molecule has 0 radical (unpaired) electrons. The molecule has 0 aliphatic carbocycles. The molecule has 1 amide bonds. The predicted octanol–water partition coefficient (Wildman–Crippen LogP) is 5.68. The highest BCUT2D eigenvalue weighted by molar-refractivity contribution is 9.10. The van der Waals surface area contributed by atoms with Gasteiger partial charge in [-0.2, -0.15) is 5.10 Å². The van der Waals surface area contributed by atoms with E-state index in [1.807, 2.05) is 72.8 Å². The van der Waals surface area contributed by atoms with Crippen LogP contribution in [0.25, 0.3) is 0 Å². The van der Waals surface area contributed by atoms with Gasteiger partial charge in [-0.15, -0.1) is 0 Å². The first-order chi connectivity index (χ1) is 15.0. The minimum atomic E-state index is -0.340. The Morgan fingerprint density at radius 2 is 1.84 bits per heavy atom. The van der Waals surface area contributed by atoms with Crippen LogP contribution in [0.15, 0.2) is 82.4 Å². The Morgan fingerprint density at radius 1 is 1.03 bits per heavy atom. The van der Waals surface area contributed by atoms with Gasteiger partial charge in [0, 0.05) is 10.0 Å². The first-order valence-electron chi connectivity index (χ1n) is 10.0. The third-order valence-corrected chi connectivity index (χ3v) is 4.99. The molecule has 0 atom stereocenters. The largest absolute Gasteiger partial charge is 0.488 e. The van der Waals surface area contributed by atoms with Crippen molar-refractivity contribution < 1.29 is 14.3 Å². The number of nitrogens with one attached hydrogen (secondary N) is 1. The monoisotopic (exact) mass is 480 g/mol. The fourth-order valence-corrected chi connectivity index (χ4v) is 3.18. The van der Waals surface area contributed by atoms with E-state index in [2.05, 4.69) is 40.3 Å². The average molecular weight is 481 g/mol. The Kier molecular flexibility index (Phi) is 8.24. The molecule has 31 heavy (non-hydrogen) atoms. The lowest BCUT2D eigenvalue weighted by molar-refractivity contribution is -0.123. The van der Waals surface area contributed by atoms with Crippen LogP contribution in [-0.2, 0) is 11.4 Å². The average Bonchev–Trinajstić information content (AvgIpc) is 2.78. The van der Waals surface area contributed by atoms with Gasteiger partial charge >= 0.3 is 0 Å². The standard InChI is InChI=1S/C25H25BrN2O3/c1-18(2)20-9-6-10-23(14-20)30-17-25(29)28-27-15-21-13-22(26)11-12-24(21)31-16-19-7-4-3-5-8-19/h3-15,18H,16-17H2,1-2H3,(H,28,29)/b27-15+. The topological polar surface area (TPSA) is 59.9 Å². The molecule has 0 heterocycles. The second-order valence-electron chi connectivity index (χ2n) is 7.27. The maximum atomic E-state index is 12.1. The van der Waals surface area contributed by atoms with Crippen molar-refractivity contribution in [3.8, 4) is 11.5 Å². The normalized spacial score (nSPS) is 11.0. The summed E-state index contributed by atoms with van der Waals surface area (Å²) < 4.78 is 12.4. The van der Waals surface area contributed by atoms with Crippen molar-refractivity contribution in [2.24, 2.45) is 5.10 Å². The van der Waals surface area contributed by atoms with Gasteiger partial charge in [-0.3, -0.25) is 4.79 Å². The Labute approximate surface area is 191 Å². The van der Waals surface area contributed by atoms with Crippen molar-refractivity contribution in [2.75, 3.05) is 6.61 Å². The van der Waals surface area contributed by atoms with Crippen molar-refractivity contribution in [1.82, 2.24) is 5.43 Å². The zero-order valence-electron chi connectivity index (χ0n) is 17.5. The minimum Gasteiger partial charge on any atom is -0.488 e. The Morgan fingerprint density at radius 3 is 2.61 bits per heavy atom. The number of halogens is 1. The number of hydrazone groups is 1. The molecule has 0 spiro atoms. The second-order valence-corrected chi connectivity index (χ2v) is 8.18. The van der Waals surface area contributed by atoms with E-state index in [1.54, 1.807) is 6.21 Å². The van der Waals surface area contributed by atoms with Gasteiger partial charge in [0.1, 0.15) is 18.1 Å². The number of rotatable bonds is 9. The van der Waals surface area contributed by atoms with Gasteiger partial charge in [-0.05, 0) is 47.4 Å². The molecule has 3 aromatic carbocycles. The molecule has 1 N–H and O–H groups in total. The smallest absolute Gasteiger partial charge is 0.277 e. The van der Waals surface area contributed by atoms with Gasteiger partial charge in [0.15, 0.2) is 6.61 Å². The van der Waals surface area contributed by atoms with Gasteiger partial charge in [0.05, 0.1) is 6.21 Å². The number of hydrogen-bond acceptors (Lipinski definition) is 4. The highest BCUT2D eigenvalue weighted by Crippen LogP contribution is 2.23. The third-order valence-electron chi connectivity index (χ3n) is 4.50. The molecule has 0 unspecified atom stereocenters. The summed E-state index contributed by atoms with van der Waals surface area (Å²) >= 11 is 3.46. The minimum absolute atomic E-state index is 0.116. The highest BCUT2D eigenvalue weighted by atomic mass is 79.9. The van der Waals surface area contributed by atoms with Crippen LogP contribution in [-0.4, -0.2) is 18.7 Å². The molecule has 3 rings (SSSR count). The molecular weight excluding hydrogens is 456 g/mol. The van der Waals surface area contributed by atoms with Gasteiger partial charge in [-0.25, -0.2) is 5.43 Å². The Balaban J connectivity index is 1.55. The van der Waals surface area contributed by atoms with Crippen LogP contribution in [0.4, 0.5) is 0 Å². The van der Waals surface area contributed by atoms with Crippen LogP contribution in [0.1, 0.15) is 36.5 Å². The van der Waals surface area contributed by atoms with Crippen molar-refractivity contribution in [2.45, 2.75) is 26.4 Å². The zero-order valence-corrected chi connectivity index (χ0v) is 19.1. The zero-order chi connectivity index (χ0) is 22.1. The van der Waals surface area contributed by atoms with Crippen LogP contribution in [0, 0.1) is 0 Å². The Bertz CT molecular complexity index is 1040. The number of amides is 1. The molecule has 0 aromatic heterocycles. The molecule has 0 aliphatic rings. The summed E-state index contributed by atoms with van der Waals surface area (Å²) in [5, 5.41) is 4.05. The summed E-state index contributed by atoms with van der Waals surface area (Å²) in [4.78, 5) is 12.1. The maximum Gasteiger partial charge on any atom is 0.277 e. The lowest BCUT2D eigenvalue weighted by Crippen LogP contribution is -2.24. The fourth-order valence-electron chi connectivity index (χ4n) is 2.81. The van der Waals surface area contributed by atoms with E-state index in [4.69, 9.17) is 9.47 Å². The lowest BCUT2D eigenvalue weighted by Gasteiger charge is -2.10. The Hall–Kier alpha value is -3.12. The number of carbonyl (C=O) groups is 1. The predicted molar refractivity (Wildman–Crippen MR) is 127 cm³/mol. The van der Waals surface area contributed by atoms with Crippen LogP contribution >= 0.6 is 15.9 Å².